The standard InChI is InChI=1S/C26H28ClFN4O2/c1-26(2,3)22-16-23(32(30-22)21-10-8-20(28)9-11-21)29-24(33)17-12-14-31(15-13-17)25(34)18-4-6-19(27)7-5-18/h4-11,16-17H,12-15H2,1-3H3,(H,29,33). The first-order valence-corrected chi connectivity index (χ1v) is 11.7. The second-order valence-corrected chi connectivity index (χ2v) is 10.1. The van der Waals surface area contributed by atoms with Crippen molar-refractivity contribution in [2.24, 2.45) is 5.92 Å². The van der Waals surface area contributed by atoms with Crippen LogP contribution in [0.1, 0.15) is 49.7 Å². The Kier molecular flexibility index (Phi) is 6.75. The summed E-state index contributed by atoms with van der Waals surface area (Å²) in [6, 6.07) is 14.7. The molecule has 3 aromatic rings. The molecule has 0 spiro atoms. The number of piperidine rings is 1. The van der Waals surface area contributed by atoms with Gasteiger partial charge in [-0.2, -0.15) is 5.10 Å². The SMILES string of the molecule is CC(C)(C)c1cc(NC(=O)C2CCN(C(=O)c3ccc(Cl)cc3)CC2)n(-c2ccc(F)cc2)n1. The molecule has 6 nitrogen and oxygen atoms in total. The molecule has 0 aliphatic carbocycles. The molecular formula is C26H28ClFN4O2. The zero-order chi connectivity index (χ0) is 24.5. The Morgan fingerprint density at radius 1 is 1.03 bits per heavy atom. The molecule has 1 aromatic heterocycles. The minimum Gasteiger partial charge on any atom is -0.339 e. The lowest BCUT2D eigenvalue weighted by molar-refractivity contribution is -0.121. The number of hydrogen-bond donors (Lipinski definition) is 1. The Balaban J connectivity index is 1.45. The summed E-state index contributed by atoms with van der Waals surface area (Å²) in [4.78, 5) is 27.6. The minimum absolute atomic E-state index is 0.0558. The van der Waals surface area contributed by atoms with Gasteiger partial charge in [0.1, 0.15) is 11.6 Å². The molecule has 8 heteroatoms. The molecule has 2 amide bonds. The van der Waals surface area contributed by atoms with E-state index in [0.717, 1.165) is 5.69 Å². The molecule has 1 fully saturated rings. The van der Waals surface area contributed by atoms with Crippen molar-refractivity contribution in [2.45, 2.75) is 39.0 Å². The summed E-state index contributed by atoms with van der Waals surface area (Å²) in [6.45, 7) is 7.14. The Morgan fingerprint density at radius 3 is 2.24 bits per heavy atom. The Hall–Kier alpha value is -3.19. The fourth-order valence-electron chi connectivity index (χ4n) is 3.96. The van der Waals surface area contributed by atoms with Crippen molar-refractivity contribution in [3.63, 3.8) is 0 Å². The number of carbonyl (C=O) groups is 2. The molecule has 34 heavy (non-hydrogen) atoms. The highest BCUT2D eigenvalue weighted by Gasteiger charge is 2.29. The molecule has 178 valence electrons. The van der Waals surface area contributed by atoms with Gasteiger partial charge in [0.05, 0.1) is 11.4 Å². The fraction of sp³-hybridized carbons (Fsp3) is 0.346. The number of rotatable bonds is 4. The zero-order valence-corrected chi connectivity index (χ0v) is 20.3. The average molecular weight is 483 g/mol. The fourth-order valence-corrected chi connectivity index (χ4v) is 4.09. The third-order valence-corrected chi connectivity index (χ3v) is 6.30. The second-order valence-electron chi connectivity index (χ2n) is 9.62. The zero-order valence-electron chi connectivity index (χ0n) is 19.5. The summed E-state index contributed by atoms with van der Waals surface area (Å²) in [7, 11) is 0. The van der Waals surface area contributed by atoms with Gasteiger partial charge in [-0.15, -0.1) is 0 Å². The van der Waals surface area contributed by atoms with Crippen LogP contribution in [0.15, 0.2) is 54.6 Å². The van der Waals surface area contributed by atoms with Gasteiger partial charge in [-0.3, -0.25) is 9.59 Å². The minimum atomic E-state index is -0.336. The van der Waals surface area contributed by atoms with E-state index in [2.05, 4.69) is 10.4 Å². The van der Waals surface area contributed by atoms with Crippen LogP contribution in [0.3, 0.4) is 0 Å². The first-order chi connectivity index (χ1) is 16.1. The molecular weight excluding hydrogens is 455 g/mol. The first kappa shape index (κ1) is 24.0. The summed E-state index contributed by atoms with van der Waals surface area (Å²) in [5, 5.41) is 8.27. The van der Waals surface area contributed by atoms with Crippen molar-refractivity contribution in [3.8, 4) is 5.69 Å². The lowest BCUT2D eigenvalue weighted by Gasteiger charge is -2.31. The van der Waals surface area contributed by atoms with Gasteiger partial charge >= 0.3 is 0 Å². The molecule has 0 atom stereocenters. The van der Waals surface area contributed by atoms with E-state index in [-0.39, 0.29) is 29.0 Å². The predicted octanol–water partition coefficient (Wildman–Crippen LogP) is 5.45. The number of amides is 2. The van der Waals surface area contributed by atoms with Gasteiger partial charge in [-0.1, -0.05) is 32.4 Å². The van der Waals surface area contributed by atoms with Gasteiger partial charge in [0, 0.05) is 41.1 Å². The highest BCUT2D eigenvalue weighted by atomic mass is 35.5. The Morgan fingerprint density at radius 2 is 1.65 bits per heavy atom. The molecule has 0 bridgehead atoms. The highest BCUT2D eigenvalue weighted by Crippen LogP contribution is 2.28. The summed E-state index contributed by atoms with van der Waals surface area (Å²) >= 11 is 5.91. The lowest BCUT2D eigenvalue weighted by Crippen LogP contribution is -2.41. The normalized spacial score (nSPS) is 14.8. The number of likely N-dealkylation sites (tertiary alicyclic amines) is 1. The van der Waals surface area contributed by atoms with Gasteiger partial charge in [-0.05, 0) is 61.4 Å². The van der Waals surface area contributed by atoms with Crippen LogP contribution >= 0.6 is 11.6 Å². The van der Waals surface area contributed by atoms with Gasteiger partial charge in [-0.25, -0.2) is 9.07 Å². The van der Waals surface area contributed by atoms with Gasteiger partial charge in [0.15, 0.2) is 0 Å². The number of carbonyl (C=O) groups excluding carboxylic acids is 2. The van der Waals surface area contributed by atoms with E-state index >= 15 is 0 Å². The maximum absolute atomic E-state index is 13.4. The molecule has 1 N–H and O–H groups in total. The van der Waals surface area contributed by atoms with Crippen LogP contribution < -0.4 is 5.32 Å². The Bertz CT molecular complexity index is 1180. The maximum Gasteiger partial charge on any atom is 0.253 e. The summed E-state index contributed by atoms with van der Waals surface area (Å²) in [5.74, 6) is -0.176. The molecule has 0 radical (unpaired) electrons. The molecule has 2 heterocycles. The van der Waals surface area contributed by atoms with E-state index in [1.165, 1.54) is 12.1 Å². The van der Waals surface area contributed by atoms with Crippen molar-refractivity contribution >= 4 is 29.2 Å². The van der Waals surface area contributed by atoms with Crippen molar-refractivity contribution in [3.05, 3.63) is 76.7 Å². The van der Waals surface area contributed by atoms with Crippen LogP contribution in [0, 0.1) is 11.7 Å². The first-order valence-electron chi connectivity index (χ1n) is 11.3. The molecule has 1 saturated heterocycles. The Labute approximate surface area is 203 Å². The van der Waals surface area contributed by atoms with Gasteiger partial charge < -0.3 is 10.2 Å². The number of benzene rings is 2. The van der Waals surface area contributed by atoms with E-state index in [9.17, 15) is 14.0 Å². The van der Waals surface area contributed by atoms with Crippen LogP contribution in [0.4, 0.5) is 10.2 Å². The molecule has 0 unspecified atom stereocenters. The predicted molar refractivity (Wildman–Crippen MR) is 131 cm³/mol. The number of aromatic nitrogens is 2. The molecule has 0 saturated carbocycles. The third kappa shape index (κ3) is 5.30. The summed E-state index contributed by atoms with van der Waals surface area (Å²) in [5.41, 5.74) is 1.84. The number of nitrogens with one attached hydrogen (secondary N) is 1. The third-order valence-electron chi connectivity index (χ3n) is 6.04. The highest BCUT2D eigenvalue weighted by molar-refractivity contribution is 6.30. The van der Waals surface area contributed by atoms with Crippen LogP contribution in [-0.2, 0) is 10.2 Å². The van der Waals surface area contributed by atoms with E-state index in [1.54, 1.807) is 46.0 Å². The van der Waals surface area contributed by atoms with Gasteiger partial charge in [0.2, 0.25) is 5.91 Å². The largest absolute Gasteiger partial charge is 0.339 e. The summed E-state index contributed by atoms with van der Waals surface area (Å²) < 4.78 is 15.1. The van der Waals surface area contributed by atoms with Crippen LogP contribution in [0.25, 0.3) is 5.69 Å². The number of hydrogen-bond acceptors (Lipinski definition) is 3. The van der Waals surface area contributed by atoms with Crippen molar-refractivity contribution < 1.29 is 14.0 Å². The van der Waals surface area contributed by atoms with E-state index in [1.807, 2.05) is 26.8 Å². The van der Waals surface area contributed by atoms with Crippen molar-refractivity contribution in [1.29, 1.82) is 0 Å². The number of halogens is 2. The summed E-state index contributed by atoms with van der Waals surface area (Å²) in [6.07, 6.45) is 1.14. The maximum atomic E-state index is 13.4. The van der Waals surface area contributed by atoms with Gasteiger partial charge in [0.25, 0.3) is 5.91 Å². The number of anilines is 1. The molecule has 1 aliphatic heterocycles. The van der Waals surface area contributed by atoms with E-state index in [0.29, 0.717) is 48.0 Å². The lowest BCUT2D eigenvalue weighted by atomic mass is 9.92. The number of nitrogens with zero attached hydrogens (tertiary/aromatic N) is 3. The van der Waals surface area contributed by atoms with Crippen LogP contribution in [-0.4, -0.2) is 39.6 Å². The van der Waals surface area contributed by atoms with Crippen LogP contribution in [0.5, 0.6) is 0 Å². The molecule has 4 rings (SSSR count). The van der Waals surface area contributed by atoms with E-state index < -0.39 is 0 Å². The molecule has 1 aliphatic rings. The topological polar surface area (TPSA) is 67.2 Å². The smallest absolute Gasteiger partial charge is 0.253 e. The van der Waals surface area contributed by atoms with E-state index in [4.69, 9.17) is 11.6 Å². The van der Waals surface area contributed by atoms with Crippen molar-refractivity contribution in [2.75, 3.05) is 18.4 Å². The average Bonchev–Trinajstić information content (AvgIpc) is 3.24. The molecule has 2 aromatic carbocycles. The van der Waals surface area contributed by atoms with Crippen molar-refractivity contribution in [1.82, 2.24) is 14.7 Å². The van der Waals surface area contributed by atoms with Crippen LogP contribution in [0.2, 0.25) is 5.02 Å². The quantitative estimate of drug-likeness (QED) is 0.537. The second kappa shape index (κ2) is 9.58. The monoisotopic (exact) mass is 482 g/mol.